The van der Waals surface area contributed by atoms with Gasteiger partial charge in [-0.1, -0.05) is 6.07 Å². The van der Waals surface area contributed by atoms with Crippen LogP contribution in [-0.2, 0) is 15.6 Å². The second-order valence-corrected chi connectivity index (χ2v) is 7.43. The summed E-state index contributed by atoms with van der Waals surface area (Å²) in [6.45, 7) is 5.81. The van der Waals surface area contributed by atoms with Crippen LogP contribution in [0.15, 0.2) is 41.4 Å². The van der Waals surface area contributed by atoms with Gasteiger partial charge in [-0.2, -0.15) is 0 Å². The lowest BCUT2D eigenvalue weighted by atomic mass is 10.3. The number of nitrogens with zero attached hydrogens (tertiary/aromatic N) is 2. The Morgan fingerprint density at radius 1 is 1.04 bits per heavy atom. The fourth-order valence-electron chi connectivity index (χ4n) is 2.56. The monoisotopic (exact) mass is 364 g/mol. The first-order valence-corrected chi connectivity index (χ1v) is 9.75. The molecule has 1 aromatic carbocycles. The van der Waals surface area contributed by atoms with Crippen molar-refractivity contribution in [2.75, 3.05) is 32.2 Å². The molecule has 0 bridgehead atoms. The van der Waals surface area contributed by atoms with Crippen molar-refractivity contribution in [1.29, 1.82) is 0 Å². The number of pyridine rings is 1. The molecule has 0 N–H and O–H groups in total. The zero-order valence-corrected chi connectivity index (χ0v) is 15.8. The highest BCUT2D eigenvalue weighted by molar-refractivity contribution is 7.90. The first-order valence-electron chi connectivity index (χ1n) is 8.09. The van der Waals surface area contributed by atoms with E-state index in [1.165, 1.54) is 20.3 Å². The summed E-state index contributed by atoms with van der Waals surface area (Å²) >= 11 is 0. The van der Waals surface area contributed by atoms with Gasteiger partial charge in [0.15, 0.2) is 9.84 Å². The van der Waals surface area contributed by atoms with Gasteiger partial charge in [-0.15, -0.1) is 0 Å². The van der Waals surface area contributed by atoms with E-state index in [1.54, 1.807) is 24.4 Å². The van der Waals surface area contributed by atoms with Crippen LogP contribution in [0.4, 0.5) is 5.82 Å². The van der Waals surface area contributed by atoms with Gasteiger partial charge in [-0.3, -0.25) is 0 Å². The van der Waals surface area contributed by atoms with Gasteiger partial charge in [-0.05, 0) is 37.6 Å². The molecule has 0 radical (unpaired) electrons. The van der Waals surface area contributed by atoms with Crippen LogP contribution in [0.5, 0.6) is 11.5 Å². The zero-order chi connectivity index (χ0) is 18.4. The summed E-state index contributed by atoms with van der Waals surface area (Å²) in [6, 6.07) is 8.38. The molecule has 0 saturated carbocycles. The number of anilines is 1. The molecule has 136 valence electrons. The molecule has 0 aliphatic heterocycles. The van der Waals surface area contributed by atoms with E-state index in [4.69, 9.17) is 9.47 Å². The number of methoxy groups -OCH3 is 2. The maximum atomic E-state index is 12.8. The van der Waals surface area contributed by atoms with E-state index in [1.807, 2.05) is 6.07 Å². The van der Waals surface area contributed by atoms with E-state index in [2.05, 4.69) is 23.7 Å². The van der Waals surface area contributed by atoms with Crippen LogP contribution in [0.1, 0.15) is 19.4 Å². The average molecular weight is 364 g/mol. The molecule has 2 aromatic rings. The summed E-state index contributed by atoms with van der Waals surface area (Å²) in [5, 5.41) is 0. The Hall–Kier alpha value is -2.28. The van der Waals surface area contributed by atoms with Crippen molar-refractivity contribution in [3.8, 4) is 11.5 Å². The van der Waals surface area contributed by atoms with E-state index in [9.17, 15) is 8.42 Å². The van der Waals surface area contributed by atoms with Gasteiger partial charge < -0.3 is 14.4 Å². The van der Waals surface area contributed by atoms with Crippen LogP contribution >= 0.6 is 0 Å². The largest absolute Gasteiger partial charge is 0.497 e. The van der Waals surface area contributed by atoms with Crippen molar-refractivity contribution < 1.29 is 17.9 Å². The maximum absolute atomic E-state index is 12.8. The van der Waals surface area contributed by atoms with Crippen molar-refractivity contribution in [1.82, 2.24) is 4.98 Å². The average Bonchev–Trinajstić information content (AvgIpc) is 2.63. The first kappa shape index (κ1) is 19.1. The van der Waals surface area contributed by atoms with E-state index >= 15 is 0 Å². The van der Waals surface area contributed by atoms with Crippen LogP contribution in [0.25, 0.3) is 0 Å². The third kappa shape index (κ3) is 4.42. The summed E-state index contributed by atoms with van der Waals surface area (Å²) in [6.07, 6.45) is 1.61. The lowest BCUT2D eigenvalue weighted by Crippen LogP contribution is -2.22. The van der Waals surface area contributed by atoms with Crippen molar-refractivity contribution in [3.05, 3.63) is 42.1 Å². The molecule has 0 spiro atoms. The Bertz CT molecular complexity index is 800. The minimum absolute atomic E-state index is 0.113. The number of ether oxygens (including phenoxy) is 2. The Labute approximate surface area is 149 Å². The normalized spacial score (nSPS) is 11.2. The summed E-state index contributed by atoms with van der Waals surface area (Å²) in [5.41, 5.74) is 0.626. The molecule has 6 nitrogen and oxygen atoms in total. The number of aromatic nitrogens is 1. The fraction of sp³-hybridized carbons (Fsp3) is 0.389. The maximum Gasteiger partial charge on any atom is 0.186 e. The zero-order valence-electron chi connectivity index (χ0n) is 15.0. The second-order valence-electron chi connectivity index (χ2n) is 5.47. The molecule has 0 saturated heterocycles. The van der Waals surface area contributed by atoms with Crippen molar-refractivity contribution in [2.45, 2.75) is 24.5 Å². The second kappa shape index (κ2) is 8.20. The van der Waals surface area contributed by atoms with Gasteiger partial charge in [0.05, 0.1) is 20.0 Å². The first-order chi connectivity index (χ1) is 11.9. The van der Waals surface area contributed by atoms with Crippen LogP contribution in [-0.4, -0.2) is 40.7 Å². The topological polar surface area (TPSA) is 68.7 Å². The van der Waals surface area contributed by atoms with Crippen LogP contribution in [0.3, 0.4) is 0 Å². The molecule has 0 fully saturated rings. The molecule has 0 atom stereocenters. The van der Waals surface area contributed by atoms with Crippen LogP contribution < -0.4 is 14.4 Å². The van der Waals surface area contributed by atoms with E-state index in [-0.39, 0.29) is 10.6 Å². The lowest BCUT2D eigenvalue weighted by Gasteiger charge is -2.19. The Morgan fingerprint density at radius 2 is 1.76 bits per heavy atom. The standard InChI is InChI=1S/C18H24N2O4S/c1-5-20(6-2)18-10-7-14(12-19-18)13-25(21,22)17-11-15(23-3)8-9-16(17)24-4/h7-12H,5-6,13H2,1-4H3. The molecule has 25 heavy (non-hydrogen) atoms. The molecule has 2 rings (SSSR count). The molecular weight excluding hydrogens is 340 g/mol. The Kier molecular flexibility index (Phi) is 6.25. The molecule has 1 heterocycles. The van der Waals surface area contributed by atoms with E-state index < -0.39 is 9.84 Å². The van der Waals surface area contributed by atoms with Crippen molar-refractivity contribution in [3.63, 3.8) is 0 Å². The highest BCUT2D eigenvalue weighted by atomic mass is 32.2. The van der Waals surface area contributed by atoms with Crippen molar-refractivity contribution >= 4 is 15.7 Å². The number of rotatable bonds is 8. The van der Waals surface area contributed by atoms with Gasteiger partial charge in [-0.25, -0.2) is 13.4 Å². The predicted octanol–water partition coefficient (Wildman–Crippen LogP) is 2.92. The van der Waals surface area contributed by atoms with Gasteiger partial charge in [0.1, 0.15) is 22.2 Å². The molecule has 0 unspecified atom stereocenters. The highest BCUT2D eigenvalue weighted by Gasteiger charge is 2.21. The van der Waals surface area contributed by atoms with Gasteiger partial charge in [0.25, 0.3) is 0 Å². The van der Waals surface area contributed by atoms with Gasteiger partial charge in [0, 0.05) is 25.4 Å². The fourth-order valence-corrected chi connectivity index (χ4v) is 4.08. The molecule has 7 heteroatoms. The highest BCUT2D eigenvalue weighted by Crippen LogP contribution is 2.30. The van der Waals surface area contributed by atoms with Crippen LogP contribution in [0.2, 0.25) is 0 Å². The predicted molar refractivity (Wildman–Crippen MR) is 98.2 cm³/mol. The third-order valence-corrected chi connectivity index (χ3v) is 5.66. The third-order valence-electron chi connectivity index (χ3n) is 3.96. The Balaban J connectivity index is 2.30. The summed E-state index contributed by atoms with van der Waals surface area (Å²) in [5.74, 6) is 1.45. The Morgan fingerprint density at radius 3 is 2.28 bits per heavy atom. The molecular formula is C18H24N2O4S. The van der Waals surface area contributed by atoms with Gasteiger partial charge in [0.2, 0.25) is 0 Å². The molecule has 0 aliphatic carbocycles. The number of hydrogen-bond acceptors (Lipinski definition) is 6. The molecule has 0 aliphatic rings. The molecule has 1 aromatic heterocycles. The summed E-state index contributed by atoms with van der Waals surface area (Å²) in [7, 11) is -0.652. The van der Waals surface area contributed by atoms with Crippen LogP contribution in [0, 0.1) is 0 Å². The summed E-state index contributed by atoms with van der Waals surface area (Å²) < 4.78 is 35.9. The minimum Gasteiger partial charge on any atom is -0.497 e. The quantitative estimate of drug-likeness (QED) is 0.717. The number of benzene rings is 1. The number of sulfone groups is 1. The SMILES string of the molecule is CCN(CC)c1ccc(CS(=O)(=O)c2cc(OC)ccc2OC)cn1. The van der Waals surface area contributed by atoms with Crippen molar-refractivity contribution in [2.24, 2.45) is 0 Å². The summed E-state index contributed by atoms with van der Waals surface area (Å²) in [4.78, 5) is 6.59. The molecule has 0 amide bonds. The number of hydrogen-bond donors (Lipinski definition) is 0. The lowest BCUT2D eigenvalue weighted by molar-refractivity contribution is 0.392. The smallest absolute Gasteiger partial charge is 0.186 e. The van der Waals surface area contributed by atoms with E-state index in [0.717, 1.165) is 18.9 Å². The van der Waals surface area contributed by atoms with Gasteiger partial charge >= 0.3 is 0 Å². The minimum atomic E-state index is -3.59. The van der Waals surface area contributed by atoms with E-state index in [0.29, 0.717) is 17.1 Å².